The van der Waals surface area contributed by atoms with E-state index in [-0.39, 0.29) is 5.75 Å². The van der Waals surface area contributed by atoms with E-state index in [1.807, 2.05) is 30.8 Å². The molecule has 2 heterocycles. The second-order valence-electron chi connectivity index (χ2n) is 4.38. The first-order chi connectivity index (χ1) is 9.08. The Bertz CT molecular complexity index is 582. The lowest BCUT2D eigenvalue weighted by molar-refractivity contribution is -0.133. The third-order valence-electron chi connectivity index (χ3n) is 2.56. The third kappa shape index (κ3) is 3.45. The van der Waals surface area contributed by atoms with E-state index >= 15 is 0 Å². The number of imidazole rings is 1. The number of aromatic nitrogens is 3. The van der Waals surface area contributed by atoms with E-state index in [9.17, 15) is 4.79 Å². The van der Waals surface area contributed by atoms with Crippen LogP contribution in [0.5, 0.6) is 0 Å². The van der Waals surface area contributed by atoms with Crippen LogP contribution >= 0.6 is 11.8 Å². The zero-order chi connectivity index (χ0) is 13.8. The summed E-state index contributed by atoms with van der Waals surface area (Å²) >= 11 is 1.23. The molecular weight excluding hydrogens is 264 g/mol. The van der Waals surface area contributed by atoms with Crippen LogP contribution in [-0.2, 0) is 11.3 Å². The number of pyridine rings is 1. The van der Waals surface area contributed by atoms with Crippen molar-refractivity contribution in [1.29, 1.82) is 0 Å². The normalized spacial score (nSPS) is 11.3. The molecule has 0 radical (unpaired) electrons. The van der Waals surface area contributed by atoms with Crippen LogP contribution in [-0.4, -0.2) is 56.9 Å². The van der Waals surface area contributed by atoms with Crippen molar-refractivity contribution in [3.63, 3.8) is 0 Å². The van der Waals surface area contributed by atoms with Gasteiger partial charge in [0.2, 0.25) is 0 Å². The number of thioether (sulfide) groups is 1. The SMILES string of the molecule is CN(C)CCn1c(SCC(=O)O)nc2cccnc21. The number of fused-ring (bicyclic) bond motifs is 1. The standard InChI is InChI=1S/C12H16N4O2S/c1-15(2)6-7-16-11-9(4-3-5-13-11)14-12(16)19-8-10(17)18/h3-5H,6-8H2,1-2H3,(H,17,18). The Hall–Kier alpha value is -1.60. The summed E-state index contributed by atoms with van der Waals surface area (Å²) in [5.41, 5.74) is 1.60. The summed E-state index contributed by atoms with van der Waals surface area (Å²) in [5, 5.41) is 9.48. The lowest BCUT2D eigenvalue weighted by Gasteiger charge is -2.12. The highest BCUT2D eigenvalue weighted by Gasteiger charge is 2.13. The molecule has 2 aromatic heterocycles. The predicted octanol–water partition coefficient (Wildman–Crippen LogP) is 1.17. The maximum Gasteiger partial charge on any atom is 0.313 e. The second-order valence-corrected chi connectivity index (χ2v) is 5.32. The molecule has 0 spiro atoms. The molecule has 7 heteroatoms. The average molecular weight is 280 g/mol. The highest BCUT2D eigenvalue weighted by Crippen LogP contribution is 2.22. The molecule has 0 saturated carbocycles. The Labute approximate surface area is 115 Å². The number of hydrogen-bond acceptors (Lipinski definition) is 5. The fourth-order valence-electron chi connectivity index (χ4n) is 1.68. The largest absolute Gasteiger partial charge is 0.481 e. The van der Waals surface area contributed by atoms with Gasteiger partial charge in [0.1, 0.15) is 5.52 Å². The van der Waals surface area contributed by atoms with Gasteiger partial charge in [0.15, 0.2) is 10.8 Å². The summed E-state index contributed by atoms with van der Waals surface area (Å²) in [6.07, 6.45) is 1.72. The Kier molecular flexibility index (Phi) is 4.39. The first-order valence-electron chi connectivity index (χ1n) is 5.88. The molecule has 0 aromatic carbocycles. The fourth-order valence-corrected chi connectivity index (χ4v) is 2.42. The van der Waals surface area contributed by atoms with Crippen LogP contribution in [0.2, 0.25) is 0 Å². The monoisotopic (exact) mass is 280 g/mol. The second kappa shape index (κ2) is 6.03. The predicted molar refractivity (Wildman–Crippen MR) is 74.4 cm³/mol. The molecule has 1 N–H and O–H groups in total. The number of rotatable bonds is 6. The van der Waals surface area contributed by atoms with E-state index in [4.69, 9.17) is 5.11 Å². The van der Waals surface area contributed by atoms with Gasteiger partial charge in [-0.3, -0.25) is 4.79 Å². The topological polar surface area (TPSA) is 71.2 Å². The van der Waals surface area contributed by atoms with Gasteiger partial charge in [-0.15, -0.1) is 0 Å². The number of aliphatic carboxylic acids is 1. The van der Waals surface area contributed by atoms with Crippen LogP contribution in [0.15, 0.2) is 23.5 Å². The van der Waals surface area contributed by atoms with Gasteiger partial charge in [0, 0.05) is 19.3 Å². The first-order valence-corrected chi connectivity index (χ1v) is 6.87. The Balaban J connectivity index is 2.31. The maximum atomic E-state index is 10.7. The highest BCUT2D eigenvalue weighted by atomic mass is 32.2. The molecule has 0 aliphatic rings. The minimum Gasteiger partial charge on any atom is -0.481 e. The van der Waals surface area contributed by atoms with E-state index in [0.717, 1.165) is 24.3 Å². The summed E-state index contributed by atoms with van der Waals surface area (Å²) in [6, 6.07) is 3.72. The van der Waals surface area contributed by atoms with Crippen molar-refractivity contribution >= 4 is 28.9 Å². The summed E-state index contributed by atoms with van der Waals surface area (Å²) in [6.45, 7) is 1.59. The number of hydrogen-bond donors (Lipinski definition) is 1. The quantitative estimate of drug-likeness (QED) is 0.801. The third-order valence-corrected chi connectivity index (χ3v) is 3.53. The van der Waals surface area contributed by atoms with E-state index < -0.39 is 5.97 Å². The molecule has 0 aliphatic carbocycles. The van der Waals surface area contributed by atoms with E-state index in [1.54, 1.807) is 6.20 Å². The van der Waals surface area contributed by atoms with Crippen LogP contribution in [0.1, 0.15) is 0 Å². The summed E-state index contributed by atoms with van der Waals surface area (Å²) < 4.78 is 1.98. The molecule has 0 saturated heterocycles. The number of carboxylic acids is 1. The first kappa shape index (κ1) is 13.8. The number of carboxylic acid groups (broad SMARTS) is 1. The van der Waals surface area contributed by atoms with Crippen molar-refractivity contribution in [3.8, 4) is 0 Å². The van der Waals surface area contributed by atoms with Crippen molar-refractivity contribution in [3.05, 3.63) is 18.3 Å². The fraction of sp³-hybridized carbons (Fsp3) is 0.417. The number of nitrogens with zero attached hydrogens (tertiary/aromatic N) is 4. The van der Waals surface area contributed by atoms with Crippen molar-refractivity contribution in [2.75, 3.05) is 26.4 Å². The van der Waals surface area contributed by atoms with Gasteiger partial charge >= 0.3 is 5.97 Å². The molecule has 2 aromatic rings. The molecule has 0 fully saturated rings. The van der Waals surface area contributed by atoms with E-state index in [2.05, 4.69) is 14.9 Å². The number of carbonyl (C=O) groups is 1. The average Bonchev–Trinajstić information content (AvgIpc) is 2.71. The van der Waals surface area contributed by atoms with Gasteiger partial charge in [0.25, 0.3) is 0 Å². The van der Waals surface area contributed by atoms with Crippen LogP contribution in [0.4, 0.5) is 0 Å². The van der Waals surface area contributed by atoms with E-state index in [0.29, 0.717) is 5.16 Å². The van der Waals surface area contributed by atoms with Crippen molar-refractivity contribution in [2.24, 2.45) is 0 Å². The summed E-state index contributed by atoms with van der Waals surface area (Å²) in [4.78, 5) is 21.5. The molecule has 0 aliphatic heterocycles. The van der Waals surface area contributed by atoms with Gasteiger partial charge in [0.05, 0.1) is 5.75 Å². The van der Waals surface area contributed by atoms with Crippen molar-refractivity contribution in [1.82, 2.24) is 19.4 Å². The summed E-state index contributed by atoms with van der Waals surface area (Å²) in [5.74, 6) is -0.838. The van der Waals surface area contributed by atoms with Gasteiger partial charge in [-0.25, -0.2) is 9.97 Å². The maximum absolute atomic E-state index is 10.7. The van der Waals surface area contributed by atoms with Crippen molar-refractivity contribution in [2.45, 2.75) is 11.7 Å². The zero-order valence-electron chi connectivity index (χ0n) is 10.9. The smallest absolute Gasteiger partial charge is 0.313 e. The Morgan fingerprint density at radius 1 is 1.53 bits per heavy atom. The lowest BCUT2D eigenvalue weighted by atomic mass is 10.4. The van der Waals surface area contributed by atoms with Crippen LogP contribution in [0.3, 0.4) is 0 Å². The van der Waals surface area contributed by atoms with Crippen LogP contribution in [0.25, 0.3) is 11.2 Å². The highest BCUT2D eigenvalue weighted by molar-refractivity contribution is 7.99. The zero-order valence-corrected chi connectivity index (χ0v) is 11.7. The molecule has 0 atom stereocenters. The lowest BCUT2D eigenvalue weighted by Crippen LogP contribution is -2.19. The Morgan fingerprint density at radius 2 is 2.32 bits per heavy atom. The van der Waals surface area contributed by atoms with Crippen LogP contribution < -0.4 is 0 Å². The molecule has 0 amide bonds. The van der Waals surface area contributed by atoms with Gasteiger partial charge in [-0.2, -0.15) is 0 Å². The molecular formula is C12H16N4O2S. The Morgan fingerprint density at radius 3 is 3.00 bits per heavy atom. The van der Waals surface area contributed by atoms with Gasteiger partial charge in [-0.05, 0) is 26.2 Å². The van der Waals surface area contributed by atoms with E-state index in [1.165, 1.54) is 11.8 Å². The molecule has 19 heavy (non-hydrogen) atoms. The minimum absolute atomic E-state index is 0.00524. The van der Waals surface area contributed by atoms with Gasteiger partial charge in [-0.1, -0.05) is 11.8 Å². The number of likely N-dealkylation sites (N-methyl/N-ethyl adjacent to an activating group) is 1. The van der Waals surface area contributed by atoms with Crippen molar-refractivity contribution < 1.29 is 9.90 Å². The summed E-state index contributed by atoms with van der Waals surface area (Å²) in [7, 11) is 3.99. The van der Waals surface area contributed by atoms with Crippen LogP contribution in [0, 0.1) is 0 Å². The molecule has 6 nitrogen and oxygen atoms in total. The molecule has 2 rings (SSSR count). The molecule has 0 bridgehead atoms. The minimum atomic E-state index is -0.843. The molecule has 0 unspecified atom stereocenters. The van der Waals surface area contributed by atoms with Gasteiger partial charge < -0.3 is 14.6 Å². The molecule has 102 valence electrons.